The van der Waals surface area contributed by atoms with Gasteiger partial charge in [0.05, 0.1) is 6.54 Å². The summed E-state index contributed by atoms with van der Waals surface area (Å²) in [7, 11) is 0. The lowest BCUT2D eigenvalue weighted by Gasteiger charge is -2.10. The van der Waals surface area contributed by atoms with E-state index in [1.54, 1.807) is 0 Å². The maximum Gasteiger partial charge on any atom is 0.238 e. The van der Waals surface area contributed by atoms with Gasteiger partial charge in [0, 0.05) is 5.69 Å². The predicted octanol–water partition coefficient (Wildman–Crippen LogP) is 3.47. The summed E-state index contributed by atoms with van der Waals surface area (Å²) in [5, 5.41) is 5.97. The molecule has 0 radical (unpaired) electrons. The first kappa shape index (κ1) is 18.8. The minimum atomic E-state index is -0.0407. The number of unbranched alkanes of at least 4 members (excludes halogenated alkanes) is 1. The maximum absolute atomic E-state index is 11.8. The first-order valence-electron chi connectivity index (χ1n) is 8.69. The van der Waals surface area contributed by atoms with Crippen molar-refractivity contribution in [2.45, 2.75) is 19.8 Å². The maximum atomic E-state index is 11.8. The molecule has 2 N–H and O–H groups in total. The lowest BCUT2D eigenvalue weighted by atomic mass is 10.3. The van der Waals surface area contributed by atoms with Crippen LogP contribution >= 0.6 is 0 Å². The SMILES string of the molecule is CCCCNCC(=O)Nc1ccc(OCCOc2ccccc2)cc1. The van der Waals surface area contributed by atoms with Gasteiger partial charge in [0.2, 0.25) is 5.91 Å². The van der Waals surface area contributed by atoms with E-state index in [1.165, 1.54) is 0 Å². The van der Waals surface area contributed by atoms with Gasteiger partial charge in [0.25, 0.3) is 0 Å². The van der Waals surface area contributed by atoms with Gasteiger partial charge in [-0.25, -0.2) is 0 Å². The first-order chi connectivity index (χ1) is 12.3. The molecule has 2 rings (SSSR count). The molecule has 0 aliphatic heterocycles. The van der Waals surface area contributed by atoms with Crippen LogP contribution in [0.5, 0.6) is 11.5 Å². The fraction of sp³-hybridized carbons (Fsp3) is 0.350. The number of hydrogen-bond acceptors (Lipinski definition) is 4. The molecule has 5 nitrogen and oxygen atoms in total. The molecule has 0 aliphatic rings. The van der Waals surface area contributed by atoms with Gasteiger partial charge in [0.1, 0.15) is 24.7 Å². The van der Waals surface area contributed by atoms with Gasteiger partial charge >= 0.3 is 0 Å². The molecular weight excluding hydrogens is 316 g/mol. The molecule has 5 heteroatoms. The molecule has 1 amide bonds. The molecule has 0 heterocycles. The van der Waals surface area contributed by atoms with Crippen LogP contribution in [0, 0.1) is 0 Å². The summed E-state index contributed by atoms with van der Waals surface area (Å²) in [5.41, 5.74) is 0.759. The number of benzene rings is 2. The van der Waals surface area contributed by atoms with E-state index in [9.17, 15) is 4.79 Å². The highest BCUT2D eigenvalue weighted by Gasteiger charge is 2.02. The van der Waals surface area contributed by atoms with Crippen LogP contribution in [0.25, 0.3) is 0 Å². The van der Waals surface area contributed by atoms with E-state index in [4.69, 9.17) is 9.47 Å². The van der Waals surface area contributed by atoms with Crippen LogP contribution in [-0.4, -0.2) is 32.2 Å². The third-order valence-electron chi connectivity index (χ3n) is 3.49. The molecule has 0 bridgehead atoms. The number of ether oxygens (including phenoxy) is 2. The average molecular weight is 342 g/mol. The molecule has 0 saturated carbocycles. The van der Waals surface area contributed by atoms with Gasteiger partial charge in [-0.1, -0.05) is 31.5 Å². The van der Waals surface area contributed by atoms with Gasteiger partial charge in [-0.05, 0) is 49.4 Å². The van der Waals surface area contributed by atoms with E-state index in [2.05, 4.69) is 17.6 Å². The Morgan fingerprint density at radius 1 is 0.920 bits per heavy atom. The van der Waals surface area contributed by atoms with Crippen molar-refractivity contribution < 1.29 is 14.3 Å². The summed E-state index contributed by atoms with van der Waals surface area (Å²) < 4.78 is 11.2. The molecule has 0 unspecified atom stereocenters. The summed E-state index contributed by atoms with van der Waals surface area (Å²) in [4.78, 5) is 11.8. The summed E-state index contributed by atoms with van der Waals surface area (Å²) >= 11 is 0. The topological polar surface area (TPSA) is 59.6 Å². The van der Waals surface area contributed by atoms with Crippen LogP contribution in [0.3, 0.4) is 0 Å². The highest BCUT2D eigenvalue weighted by Crippen LogP contribution is 2.15. The third-order valence-corrected chi connectivity index (χ3v) is 3.49. The van der Waals surface area contributed by atoms with Gasteiger partial charge in [-0.2, -0.15) is 0 Å². The largest absolute Gasteiger partial charge is 0.490 e. The smallest absolute Gasteiger partial charge is 0.238 e. The fourth-order valence-electron chi connectivity index (χ4n) is 2.18. The van der Waals surface area contributed by atoms with Crippen LogP contribution in [-0.2, 0) is 4.79 Å². The van der Waals surface area contributed by atoms with E-state index in [0.29, 0.717) is 19.8 Å². The summed E-state index contributed by atoms with van der Waals surface area (Å²) in [5.74, 6) is 1.54. The lowest BCUT2D eigenvalue weighted by Crippen LogP contribution is -2.28. The number of carbonyl (C=O) groups is 1. The van der Waals surface area contributed by atoms with Crippen LogP contribution in [0.4, 0.5) is 5.69 Å². The van der Waals surface area contributed by atoms with Crippen molar-refractivity contribution in [1.29, 1.82) is 0 Å². The van der Waals surface area contributed by atoms with Crippen molar-refractivity contribution in [3.8, 4) is 11.5 Å². The molecule has 2 aromatic rings. The Kier molecular flexibility index (Phi) is 8.35. The Balaban J connectivity index is 1.64. The summed E-state index contributed by atoms with van der Waals surface area (Å²) in [6.07, 6.45) is 2.19. The van der Waals surface area contributed by atoms with E-state index in [0.717, 1.165) is 36.6 Å². The van der Waals surface area contributed by atoms with Crippen LogP contribution < -0.4 is 20.1 Å². The van der Waals surface area contributed by atoms with Crippen molar-refractivity contribution >= 4 is 11.6 Å². The van der Waals surface area contributed by atoms with Gasteiger partial charge in [-0.3, -0.25) is 4.79 Å². The molecule has 0 spiro atoms. The average Bonchev–Trinajstić information content (AvgIpc) is 2.65. The van der Waals surface area contributed by atoms with Crippen LogP contribution in [0.2, 0.25) is 0 Å². The zero-order chi connectivity index (χ0) is 17.7. The van der Waals surface area contributed by atoms with E-state index in [1.807, 2.05) is 54.6 Å². The van der Waals surface area contributed by atoms with Crippen molar-refractivity contribution in [1.82, 2.24) is 5.32 Å². The molecule has 0 atom stereocenters. The second-order valence-corrected chi connectivity index (χ2v) is 5.61. The van der Waals surface area contributed by atoms with Gasteiger partial charge < -0.3 is 20.1 Å². The molecule has 0 fully saturated rings. The van der Waals surface area contributed by atoms with Crippen molar-refractivity contribution in [3.05, 3.63) is 54.6 Å². The number of rotatable bonds is 11. The van der Waals surface area contributed by atoms with Crippen molar-refractivity contribution in [2.75, 3.05) is 31.6 Å². The minimum Gasteiger partial charge on any atom is -0.490 e. The molecular formula is C20H26N2O3. The zero-order valence-corrected chi connectivity index (χ0v) is 14.7. The normalized spacial score (nSPS) is 10.3. The molecule has 25 heavy (non-hydrogen) atoms. The monoisotopic (exact) mass is 342 g/mol. The molecule has 0 aliphatic carbocycles. The second kappa shape index (κ2) is 11.1. The van der Waals surface area contributed by atoms with Crippen molar-refractivity contribution in [3.63, 3.8) is 0 Å². The van der Waals surface area contributed by atoms with Gasteiger partial charge in [0.15, 0.2) is 0 Å². The Morgan fingerprint density at radius 2 is 1.56 bits per heavy atom. The highest BCUT2D eigenvalue weighted by molar-refractivity contribution is 5.92. The number of nitrogens with one attached hydrogen (secondary N) is 2. The van der Waals surface area contributed by atoms with Gasteiger partial charge in [-0.15, -0.1) is 0 Å². The first-order valence-corrected chi connectivity index (χ1v) is 8.69. The summed E-state index contributed by atoms with van der Waals surface area (Å²) in [6, 6.07) is 17.0. The number of para-hydroxylation sites is 1. The Bertz CT molecular complexity index is 615. The fourth-order valence-corrected chi connectivity index (χ4v) is 2.18. The standard InChI is InChI=1S/C20H26N2O3/c1-2-3-13-21-16-20(23)22-17-9-11-19(12-10-17)25-15-14-24-18-7-5-4-6-8-18/h4-12,21H,2-3,13-16H2,1H3,(H,22,23). The van der Waals surface area contributed by atoms with Crippen LogP contribution in [0.1, 0.15) is 19.8 Å². The number of hydrogen-bond donors (Lipinski definition) is 2. The zero-order valence-electron chi connectivity index (χ0n) is 14.7. The highest BCUT2D eigenvalue weighted by atomic mass is 16.5. The van der Waals surface area contributed by atoms with E-state index in [-0.39, 0.29) is 5.91 Å². The number of amides is 1. The van der Waals surface area contributed by atoms with Crippen molar-refractivity contribution in [2.24, 2.45) is 0 Å². The molecule has 2 aromatic carbocycles. The third kappa shape index (κ3) is 7.72. The van der Waals surface area contributed by atoms with E-state index >= 15 is 0 Å². The quantitative estimate of drug-likeness (QED) is 0.614. The molecule has 0 saturated heterocycles. The van der Waals surface area contributed by atoms with E-state index < -0.39 is 0 Å². The predicted molar refractivity (Wildman–Crippen MR) is 100 cm³/mol. The Hall–Kier alpha value is -2.53. The minimum absolute atomic E-state index is 0.0407. The molecule has 0 aromatic heterocycles. The number of anilines is 1. The second-order valence-electron chi connectivity index (χ2n) is 5.61. The van der Waals surface area contributed by atoms with Crippen LogP contribution in [0.15, 0.2) is 54.6 Å². The number of carbonyl (C=O) groups excluding carboxylic acids is 1. The molecule has 134 valence electrons. The summed E-state index contributed by atoms with van der Waals surface area (Å²) in [6.45, 7) is 4.25. The lowest BCUT2D eigenvalue weighted by molar-refractivity contribution is -0.115. The Labute approximate surface area is 149 Å². The Morgan fingerprint density at radius 3 is 2.20 bits per heavy atom.